The first-order valence-electron chi connectivity index (χ1n) is 8.93. The number of halogens is 1. The van der Waals surface area contributed by atoms with Gasteiger partial charge in [0.15, 0.2) is 12.4 Å². The van der Waals surface area contributed by atoms with Crippen molar-refractivity contribution in [2.24, 2.45) is 0 Å². The molecule has 1 N–H and O–H groups in total. The molecule has 0 spiro atoms. The summed E-state index contributed by atoms with van der Waals surface area (Å²) in [5, 5.41) is 10.6. The minimum Gasteiger partial charge on any atom is -0.484 e. The monoisotopic (exact) mass is 400 g/mol. The van der Waals surface area contributed by atoms with Crippen LogP contribution in [0.5, 0.6) is 5.75 Å². The number of ether oxygens (including phenoxy) is 1. The molecule has 1 heterocycles. The van der Waals surface area contributed by atoms with Crippen molar-refractivity contribution in [2.45, 2.75) is 33.3 Å². The van der Waals surface area contributed by atoms with Crippen molar-refractivity contribution >= 4 is 28.4 Å². The quantitative estimate of drug-likeness (QED) is 0.494. The van der Waals surface area contributed by atoms with E-state index in [1.165, 1.54) is 6.07 Å². The zero-order valence-corrected chi connectivity index (χ0v) is 16.7. The number of carbonyl (C=O) groups excluding carboxylic acids is 1. The van der Waals surface area contributed by atoms with Crippen molar-refractivity contribution in [1.82, 2.24) is 0 Å². The van der Waals surface area contributed by atoms with Crippen LogP contribution >= 0.6 is 11.6 Å². The van der Waals surface area contributed by atoms with Crippen molar-refractivity contribution in [3.05, 3.63) is 74.1 Å². The normalized spacial score (nSPS) is 12.2. The minimum atomic E-state index is -0.662. The van der Waals surface area contributed by atoms with E-state index >= 15 is 0 Å². The molecule has 0 saturated heterocycles. The number of aryl methyl sites for hydroxylation is 2. The lowest BCUT2D eigenvalue weighted by Crippen LogP contribution is -2.16. The van der Waals surface area contributed by atoms with Gasteiger partial charge in [0.1, 0.15) is 11.3 Å². The predicted octanol–water partition coefficient (Wildman–Crippen LogP) is 4.25. The Bertz CT molecular complexity index is 1080. The molecular weight excluding hydrogens is 380 g/mol. The molecule has 1 aromatic heterocycles. The number of hydrogen-bond acceptors (Lipinski definition) is 5. The Morgan fingerprint density at radius 3 is 2.54 bits per heavy atom. The molecular formula is C22H21ClO5. The zero-order chi connectivity index (χ0) is 20.4. The van der Waals surface area contributed by atoms with Crippen LogP contribution in [-0.4, -0.2) is 23.6 Å². The van der Waals surface area contributed by atoms with Gasteiger partial charge in [-0.25, -0.2) is 4.79 Å². The second kappa shape index (κ2) is 8.17. The highest BCUT2D eigenvalue weighted by atomic mass is 35.5. The molecule has 5 nitrogen and oxygen atoms in total. The molecule has 0 aliphatic rings. The summed E-state index contributed by atoms with van der Waals surface area (Å²) in [5.74, 6) is 0.0848. The van der Waals surface area contributed by atoms with E-state index in [0.717, 1.165) is 5.56 Å². The summed E-state index contributed by atoms with van der Waals surface area (Å²) < 4.78 is 11.0. The van der Waals surface area contributed by atoms with Crippen molar-refractivity contribution < 1.29 is 19.1 Å². The Hall–Kier alpha value is -2.63. The van der Waals surface area contributed by atoms with E-state index in [4.69, 9.17) is 20.8 Å². The number of ketones is 1. The van der Waals surface area contributed by atoms with Gasteiger partial charge < -0.3 is 14.3 Å². The van der Waals surface area contributed by atoms with Gasteiger partial charge in [0.2, 0.25) is 0 Å². The zero-order valence-electron chi connectivity index (χ0n) is 15.9. The van der Waals surface area contributed by atoms with E-state index in [0.29, 0.717) is 32.7 Å². The number of Topliss-reactive ketones (excluding diaryl/α,β-unsaturated/α-hetero) is 1. The molecule has 1 unspecified atom stereocenters. The second-order valence-electron chi connectivity index (χ2n) is 6.90. The maximum atomic E-state index is 12.3. The summed E-state index contributed by atoms with van der Waals surface area (Å²) >= 11 is 6.32. The Morgan fingerprint density at radius 2 is 1.89 bits per heavy atom. The molecule has 2 aromatic carbocycles. The van der Waals surface area contributed by atoms with Gasteiger partial charge in [0.05, 0.1) is 11.1 Å². The van der Waals surface area contributed by atoms with Crippen molar-refractivity contribution in [1.29, 1.82) is 0 Å². The number of carbonyl (C=O) groups is 1. The smallest absolute Gasteiger partial charge is 0.339 e. The van der Waals surface area contributed by atoms with E-state index in [1.54, 1.807) is 32.0 Å². The van der Waals surface area contributed by atoms with Crippen LogP contribution in [0.3, 0.4) is 0 Å². The molecule has 3 rings (SSSR count). The Labute approximate surface area is 167 Å². The molecule has 0 aliphatic carbocycles. The molecule has 146 valence electrons. The van der Waals surface area contributed by atoms with Crippen LogP contribution in [0, 0.1) is 13.8 Å². The van der Waals surface area contributed by atoms with Crippen molar-refractivity contribution in [3.8, 4) is 5.75 Å². The third-order valence-electron chi connectivity index (χ3n) is 4.57. The van der Waals surface area contributed by atoms with Gasteiger partial charge >= 0.3 is 5.63 Å². The molecule has 0 radical (unpaired) electrons. The Kier molecular flexibility index (Phi) is 5.87. The van der Waals surface area contributed by atoms with Crippen LogP contribution in [0.25, 0.3) is 11.0 Å². The first-order chi connectivity index (χ1) is 13.3. The molecule has 28 heavy (non-hydrogen) atoms. The topological polar surface area (TPSA) is 76.7 Å². The lowest BCUT2D eigenvalue weighted by Gasteiger charge is -2.12. The maximum absolute atomic E-state index is 12.3. The van der Waals surface area contributed by atoms with Crippen LogP contribution in [0.15, 0.2) is 45.6 Å². The van der Waals surface area contributed by atoms with Crippen LogP contribution in [0.2, 0.25) is 5.02 Å². The van der Waals surface area contributed by atoms with E-state index in [2.05, 4.69) is 0 Å². The van der Waals surface area contributed by atoms with Gasteiger partial charge in [-0.05, 0) is 32.4 Å². The second-order valence-corrected chi connectivity index (χ2v) is 7.31. The fraction of sp³-hybridized carbons (Fsp3) is 0.273. The average Bonchev–Trinajstić information content (AvgIpc) is 2.64. The largest absolute Gasteiger partial charge is 0.484 e. The first-order valence-corrected chi connectivity index (χ1v) is 9.30. The van der Waals surface area contributed by atoms with Gasteiger partial charge in [0.25, 0.3) is 0 Å². The average molecular weight is 401 g/mol. The highest BCUT2D eigenvalue weighted by molar-refractivity contribution is 6.32. The molecule has 0 amide bonds. The lowest BCUT2D eigenvalue weighted by molar-refractivity contribution is 0.0921. The summed E-state index contributed by atoms with van der Waals surface area (Å²) in [6.45, 7) is 5.16. The fourth-order valence-electron chi connectivity index (χ4n) is 3.00. The molecule has 3 aromatic rings. The molecule has 0 fully saturated rings. The van der Waals surface area contributed by atoms with Crippen LogP contribution in [0.1, 0.15) is 34.0 Å². The summed E-state index contributed by atoms with van der Waals surface area (Å²) in [5.41, 5.74) is 2.55. The molecule has 6 heteroatoms. The predicted molar refractivity (Wildman–Crippen MR) is 109 cm³/mol. The lowest BCUT2D eigenvalue weighted by atomic mass is 10.0. The number of aliphatic hydroxyl groups excluding tert-OH is 1. The number of aliphatic hydroxyl groups is 1. The van der Waals surface area contributed by atoms with Crippen LogP contribution in [-0.2, 0) is 6.42 Å². The summed E-state index contributed by atoms with van der Waals surface area (Å²) in [6.07, 6.45) is -0.463. The first kappa shape index (κ1) is 20.1. The standard InChI is InChI=1S/C22H21ClO5/c1-12-4-6-15(7-5-12)19(25)11-27-21-10-20-16(9-18(21)23)14(3)17(8-13(2)24)22(26)28-20/h4-7,9-10,13,24H,8,11H2,1-3H3. The van der Waals surface area contributed by atoms with E-state index < -0.39 is 11.7 Å². The van der Waals surface area contributed by atoms with E-state index in [-0.39, 0.29) is 24.6 Å². The maximum Gasteiger partial charge on any atom is 0.339 e. The summed E-state index contributed by atoms with van der Waals surface area (Å²) in [6, 6.07) is 10.4. The van der Waals surface area contributed by atoms with Crippen LogP contribution in [0.4, 0.5) is 0 Å². The van der Waals surface area contributed by atoms with Gasteiger partial charge in [-0.2, -0.15) is 0 Å². The number of fused-ring (bicyclic) bond motifs is 1. The van der Waals surface area contributed by atoms with Crippen LogP contribution < -0.4 is 10.4 Å². The van der Waals surface area contributed by atoms with Gasteiger partial charge in [-0.1, -0.05) is 41.4 Å². The Balaban J connectivity index is 1.88. The van der Waals surface area contributed by atoms with Crippen molar-refractivity contribution in [3.63, 3.8) is 0 Å². The fourth-order valence-corrected chi connectivity index (χ4v) is 3.22. The van der Waals surface area contributed by atoms with Gasteiger partial charge in [0, 0.05) is 29.0 Å². The van der Waals surface area contributed by atoms with E-state index in [1.807, 2.05) is 19.1 Å². The Morgan fingerprint density at radius 1 is 1.21 bits per heavy atom. The molecule has 0 saturated carbocycles. The van der Waals surface area contributed by atoms with Crippen molar-refractivity contribution in [2.75, 3.05) is 6.61 Å². The molecule has 1 atom stereocenters. The summed E-state index contributed by atoms with van der Waals surface area (Å²) in [7, 11) is 0. The highest BCUT2D eigenvalue weighted by Gasteiger charge is 2.16. The molecule has 0 bridgehead atoms. The third-order valence-corrected chi connectivity index (χ3v) is 4.87. The minimum absolute atomic E-state index is 0.180. The third kappa shape index (κ3) is 4.26. The highest BCUT2D eigenvalue weighted by Crippen LogP contribution is 2.32. The number of rotatable bonds is 6. The van der Waals surface area contributed by atoms with E-state index in [9.17, 15) is 14.7 Å². The summed E-state index contributed by atoms with van der Waals surface area (Å²) in [4.78, 5) is 24.6. The number of benzene rings is 2. The van der Waals surface area contributed by atoms with Gasteiger partial charge in [-0.15, -0.1) is 0 Å². The SMILES string of the molecule is Cc1ccc(C(=O)COc2cc3oc(=O)c(CC(C)O)c(C)c3cc2Cl)cc1. The molecule has 0 aliphatic heterocycles. The van der Waals surface area contributed by atoms with Gasteiger partial charge in [-0.3, -0.25) is 4.79 Å². The number of hydrogen-bond donors (Lipinski definition) is 1.